The normalized spacial score (nSPS) is 20.7. The monoisotopic (exact) mass is 207 g/mol. The van der Waals surface area contributed by atoms with E-state index in [0.717, 1.165) is 6.54 Å². The number of rotatable bonds is 2. The molecular weight excluding hydrogens is 194 g/mol. The number of ether oxygens (including phenoxy) is 1. The van der Waals surface area contributed by atoms with Crippen LogP contribution < -0.4 is 10.5 Å². The Balaban J connectivity index is 2.06. The van der Waals surface area contributed by atoms with Crippen molar-refractivity contribution in [3.63, 3.8) is 0 Å². The Kier molecular flexibility index (Phi) is 2.45. The van der Waals surface area contributed by atoms with Crippen molar-refractivity contribution in [3.8, 4) is 5.88 Å². The van der Waals surface area contributed by atoms with Crippen molar-refractivity contribution in [3.05, 3.63) is 18.3 Å². The lowest BCUT2D eigenvalue weighted by Gasteiger charge is -2.12. The number of carbonyl (C=O) groups excluding carboxylic acids is 1. The van der Waals surface area contributed by atoms with Crippen LogP contribution in [0.5, 0.6) is 5.88 Å². The standard InChI is InChI=1S/C10H13N3O2/c1-13-5-3-8(10(13)14)15-9-6-7(11)2-4-12-9/h2,4,6,8H,3,5H2,1H3,(H2,11,12). The van der Waals surface area contributed by atoms with E-state index in [1.165, 1.54) is 0 Å². The highest BCUT2D eigenvalue weighted by molar-refractivity contribution is 5.83. The van der Waals surface area contributed by atoms with Gasteiger partial charge in [-0.25, -0.2) is 4.98 Å². The molecule has 0 spiro atoms. The SMILES string of the molecule is CN1CCC(Oc2cc(N)ccn2)C1=O. The molecule has 1 aromatic heterocycles. The number of likely N-dealkylation sites (N-methyl/N-ethyl adjacent to an activating group) is 1. The van der Waals surface area contributed by atoms with Crippen molar-refractivity contribution in [2.45, 2.75) is 12.5 Å². The highest BCUT2D eigenvalue weighted by Gasteiger charge is 2.30. The lowest BCUT2D eigenvalue weighted by atomic mass is 10.3. The Bertz CT molecular complexity index is 381. The van der Waals surface area contributed by atoms with E-state index in [1.807, 2.05) is 0 Å². The molecule has 2 heterocycles. The maximum Gasteiger partial charge on any atom is 0.263 e. The molecule has 1 amide bonds. The van der Waals surface area contributed by atoms with Gasteiger partial charge in [0.2, 0.25) is 5.88 Å². The largest absolute Gasteiger partial charge is 0.464 e. The van der Waals surface area contributed by atoms with Crippen LogP contribution in [0.15, 0.2) is 18.3 Å². The zero-order valence-corrected chi connectivity index (χ0v) is 8.51. The van der Waals surface area contributed by atoms with E-state index in [9.17, 15) is 4.79 Å². The van der Waals surface area contributed by atoms with Crippen LogP contribution in [0.1, 0.15) is 6.42 Å². The number of nitrogen functional groups attached to an aromatic ring is 1. The van der Waals surface area contributed by atoms with E-state index in [4.69, 9.17) is 10.5 Å². The van der Waals surface area contributed by atoms with Crippen LogP contribution in [0, 0.1) is 0 Å². The summed E-state index contributed by atoms with van der Waals surface area (Å²) in [6, 6.07) is 3.29. The van der Waals surface area contributed by atoms with Gasteiger partial charge in [0.1, 0.15) is 0 Å². The summed E-state index contributed by atoms with van der Waals surface area (Å²) in [6.07, 6.45) is 1.85. The highest BCUT2D eigenvalue weighted by Crippen LogP contribution is 2.17. The number of likely N-dealkylation sites (tertiary alicyclic amines) is 1. The van der Waals surface area contributed by atoms with Gasteiger partial charge < -0.3 is 15.4 Å². The maximum absolute atomic E-state index is 11.5. The lowest BCUT2D eigenvalue weighted by molar-refractivity contribution is -0.132. The molecule has 1 unspecified atom stereocenters. The van der Waals surface area contributed by atoms with E-state index in [1.54, 1.807) is 30.3 Å². The number of nitrogens with zero attached hydrogens (tertiary/aromatic N) is 2. The topological polar surface area (TPSA) is 68.5 Å². The molecule has 80 valence electrons. The Morgan fingerprint density at radius 1 is 1.67 bits per heavy atom. The molecule has 2 N–H and O–H groups in total. The van der Waals surface area contributed by atoms with Gasteiger partial charge in [0.05, 0.1) is 0 Å². The first kappa shape index (κ1) is 9.76. The Hall–Kier alpha value is -1.78. The molecule has 0 aliphatic carbocycles. The number of carbonyl (C=O) groups is 1. The van der Waals surface area contributed by atoms with E-state index in [-0.39, 0.29) is 5.91 Å². The summed E-state index contributed by atoms with van der Waals surface area (Å²) in [4.78, 5) is 17.2. The van der Waals surface area contributed by atoms with Crippen molar-refractivity contribution in [2.24, 2.45) is 0 Å². The van der Waals surface area contributed by atoms with Gasteiger partial charge in [-0.05, 0) is 6.07 Å². The lowest BCUT2D eigenvalue weighted by Crippen LogP contribution is -2.29. The molecule has 1 saturated heterocycles. The Labute approximate surface area is 87.8 Å². The molecule has 1 aromatic rings. The summed E-state index contributed by atoms with van der Waals surface area (Å²) >= 11 is 0. The minimum Gasteiger partial charge on any atom is -0.464 e. The molecule has 5 nitrogen and oxygen atoms in total. The second-order valence-electron chi connectivity index (χ2n) is 3.58. The fourth-order valence-corrected chi connectivity index (χ4v) is 1.53. The summed E-state index contributed by atoms with van der Waals surface area (Å²) in [6.45, 7) is 0.728. The fraction of sp³-hybridized carbons (Fsp3) is 0.400. The Morgan fingerprint density at radius 2 is 2.47 bits per heavy atom. The van der Waals surface area contributed by atoms with Gasteiger partial charge in [0, 0.05) is 38.0 Å². The van der Waals surface area contributed by atoms with Crippen molar-refractivity contribution < 1.29 is 9.53 Å². The molecule has 5 heteroatoms. The van der Waals surface area contributed by atoms with Crippen molar-refractivity contribution in [2.75, 3.05) is 19.3 Å². The molecule has 15 heavy (non-hydrogen) atoms. The Morgan fingerprint density at radius 3 is 3.07 bits per heavy atom. The zero-order valence-electron chi connectivity index (χ0n) is 8.51. The molecule has 1 fully saturated rings. The first-order valence-electron chi connectivity index (χ1n) is 4.80. The van der Waals surface area contributed by atoms with Gasteiger partial charge in [0.25, 0.3) is 5.91 Å². The third kappa shape index (κ3) is 2.01. The molecule has 0 saturated carbocycles. The summed E-state index contributed by atoms with van der Waals surface area (Å²) in [5.74, 6) is 0.405. The number of amides is 1. The van der Waals surface area contributed by atoms with E-state index in [0.29, 0.717) is 18.0 Å². The van der Waals surface area contributed by atoms with Crippen LogP contribution in [0.2, 0.25) is 0 Å². The van der Waals surface area contributed by atoms with Crippen LogP contribution in [-0.2, 0) is 4.79 Å². The molecule has 1 aliphatic heterocycles. The molecule has 1 aliphatic rings. The van der Waals surface area contributed by atoms with Crippen LogP contribution in [0.4, 0.5) is 5.69 Å². The minimum atomic E-state index is -0.413. The molecule has 0 aromatic carbocycles. The first-order valence-corrected chi connectivity index (χ1v) is 4.80. The summed E-state index contributed by atoms with van der Waals surface area (Å²) in [5, 5.41) is 0. The molecule has 2 rings (SSSR count). The van der Waals surface area contributed by atoms with Crippen molar-refractivity contribution >= 4 is 11.6 Å². The number of hydrogen-bond acceptors (Lipinski definition) is 4. The number of nitrogens with two attached hydrogens (primary N) is 1. The van der Waals surface area contributed by atoms with E-state index in [2.05, 4.69) is 4.98 Å². The average Bonchev–Trinajstić information content (AvgIpc) is 2.50. The minimum absolute atomic E-state index is 0.000718. The smallest absolute Gasteiger partial charge is 0.263 e. The second kappa shape index (κ2) is 3.76. The van der Waals surface area contributed by atoms with Gasteiger partial charge in [0.15, 0.2) is 6.10 Å². The van der Waals surface area contributed by atoms with Crippen LogP contribution >= 0.6 is 0 Å². The van der Waals surface area contributed by atoms with Crippen LogP contribution in [-0.4, -0.2) is 35.5 Å². The van der Waals surface area contributed by atoms with E-state index < -0.39 is 6.10 Å². The van der Waals surface area contributed by atoms with Gasteiger partial charge in [-0.2, -0.15) is 0 Å². The summed E-state index contributed by atoms with van der Waals surface area (Å²) in [7, 11) is 1.76. The summed E-state index contributed by atoms with van der Waals surface area (Å²) in [5.41, 5.74) is 6.16. The van der Waals surface area contributed by atoms with Gasteiger partial charge in [-0.1, -0.05) is 0 Å². The second-order valence-corrected chi connectivity index (χ2v) is 3.58. The number of aromatic nitrogens is 1. The molecular formula is C10H13N3O2. The third-order valence-corrected chi connectivity index (χ3v) is 2.40. The quantitative estimate of drug-likeness (QED) is 0.756. The van der Waals surface area contributed by atoms with Gasteiger partial charge >= 0.3 is 0 Å². The van der Waals surface area contributed by atoms with Crippen molar-refractivity contribution in [1.29, 1.82) is 0 Å². The predicted octanol–water partition coefficient (Wildman–Crippen LogP) is 0.273. The first-order chi connectivity index (χ1) is 7.16. The number of anilines is 1. The fourth-order valence-electron chi connectivity index (χ4n) is 1.53. The summed E-state index contributed by atoms with van der Waals surface area (Å²) < 4.78 is 5.46. The zero-order chi connectivity index (χ0) is 10.8. The van der Waals surface area contributed by atoms with Gasteiger partial charge in [-0.15, -0.1) is 0 Å². The average molecular weight is 207 g/mol. The van der Waals surface area contributed by atoms with Crippen molar-refractivity contribution in [1.82, 2.24) is 9.88 Å². The van der Waals surface area contributed by atoms with E-state index >= 15 is 0 Å². The molecule has 0 bridgehead atoms. The van der Waals surface area contributed by atoms with Crippen LogP contribution in [0.25, 0.3) is 0 Å². The van der Waals surface area contributed by atoms with Gasteiger partial charge in [-0.3, -0.25) is 4.79 Å². The number of pyridine rings is 1. The highest BCUT2D eigenvalue weighted by atomic mass is 16.5. The number of hydrogen-bond donors (Lipinski definition) is 1. The maximum atomic E-state index is 11.5. The molecule has 1 atom stereocenters. The molecule has 0 radical (unpaired) electrons. The van der Waals surface area contributed by atoms with Crippen LogP contribution in [0.3, 0.4) is 0 Å². The predicted molar refractivity (Wildman–Crippen MR) is 55.3 cm³/mol. The third-order valence-electron chi connectivity index (χ3n) is 2.40.